The molecule has 3 rings (SSSR count). The summed E-state index contributed by atoms with van der Waals surface area (Å²) in [5.74, 6) is -1.23. The molecule has 170 valence electrons. The van der Waals surface area contributed by atoms with Gasteiger partial charge in [-0.15, -0.1) is 0 Å². The van der Waals surface area contributed by atoms with Gasteiger partial charge in [0.2, 0.25) is 5.91 Å². The number of hydrogen-bond donors (Lipinski definition) is 0. The van der Waals surface area contributed by atoms with E-state index in [0.29, 0.717) is 28.3 Å². The van der Waals surface area contributed by atoms with Gasteiger partial charge in [-0.05, 0) is 12.1 Å². The van der Waals surface area contributed by atoms with Gasteiger partial charge < -0.3 is 14.4 Å². The fourth-order valence-corrected chi connectivity index (χ4v) is 3.77. The molecule has 1 aliphatic rings. The molecule has 32 heavy (non-hydrogen) atoms. The molecule has 1 atom stereocenters. The van der Waals surface area contributed by atoms with Crippen molar-refractivity contribution in [1.82, 2.24) is 9.91 Å². The van der Waals surface area contributed by atoms with Crippen LogP contribution in [0.2, 0.25) is 5.02 Å². The minimum atomic E-state index is -0.656. The molecule has 0 radical (unpaired) electrons. The number of hydrogen-bond acceptors (Lipinski definition) is 5. The van der Waals surface area contributed by atoms with Crippen LogP contribution >= 0.6 is 11.6 Å². The van der Waals surface area contributed by atoms with E-state index >= 15 is 0 Å². The van der Waals surface area contributed by atoms with Gasteiger partial charge in [-0.25, -0.2) is 9.40 Å². The fourth-order valence-electron chi connectivity index (χ4n) is 3.53. The summed E-state index contributed by atoms with van der Waals surface area (Å²) in [6.45, 7) is 0.0645. The monoisotopic (exact) mass is 461 g/mol. The maximum atomic E-state index is 14.6. The molecule has 2 aromatic carbocycles. The van der Waals surface area contributed by atoms with Crippen molar-refractivity contribution < 1.29 is 23.5 Å². The third-order valence-electron chi connectivity index (χ3n) is 5.13. The van der Waals surface area contributed by atoms with Crippen LogP contribution in [0.25, 0.3) is 0 Å². The van der Waals surface area contributed by atoms with E-state index in [1.54, 1.807) is 36.4 Å². The molecule has 7 nitrogen and oxygen atoms in total. The molecule has 2 aromatic rings. The number of carbonyl (C=O) groups is 2. The fraction of sp³-hybridized carbons (Fsp3) is 0.348. The van der Waals surface area contributed by atoms with Gasteiger partial charge >= 0.3 is 0 Å². The Balaban J connectivity index is 1.92. The predicted molar refractivity (Wildman–Crippen MR) is 119 cm³/mol. The standard InChI is InChI=1S/C23H25ClFN3O4/c1-31-12-11-27(23(30)15-32-2)14-22(29)28-21(17-8-4-6-10-19(17)25)13-20(26-28)16-7-3-5-9-18(16)24/h3-10,21H,11-15H2,1-2H3/t21-/m1/s1. The van der Waals surface area contributed by atoms with Gasteiger partial charge in [0, 0.05) is 43.3 Å². The summed E-state index contributed by atoms with van der Waals surface area (Å²) >= 11 is 6.34. The van der Waals surface area contributed by atoms with E-state index in [1.807, 2.05) is 6.07 Å². The van der Waals surface area contributed by atoms with E-state index in [-0.39, 0.29) is 32.2 Å². The van der Waals surface area contributed by atoms with E-state index in [2.05, 4.69) is 5.10 Å². The Morgan fingerprint density at radius 3 is 2.56 bits per heavy atom. The van der Waals surface area contributed by atoms with Crippen LogP contribution in [0.1, 0.15) is 23.6 Å². The number of benzene rings is 2. The lowest BCUT2D eigenvalue weighted by atomic mass is 9.98. The van der Waals surface area contributed by atoms with Crippen molar-refractivity contribution in [1.29, 1.82) is 0 Å². The lowest BCUT2D eigenvalue weighted by Crippen LogP contribution is -2.44. The molecule has 2 amide bonds. The van der Waals surface area contributed by atoms with Crippen LogP contribution in [0.5, 0.6) is 0 Å². The molecule has 0 aliphatic carbocycles. The van der Waals surface area contributed by atoms with Gasteiger partial charge in [0.15, 0.2) is 0 Å². The van der Waals surface area contributed by atoms with Crippen LogP contribution < -0.4 is 0 Å². The highest BCUT2D eigenvalue weighted by atomic mass is 35.5. The average molecular weight is 462 g/mol. The van der Waals surface area contributed by atoms with Crippen molar-refractivity contribution in [3.63, 3.8) is 0 Å². The molecule has 0 saturated heterocycles. The highest BCUT2D eigenvalue weighted by Gasteiger charge is 2.36. The minimum Gasteiger partial charge on any atom is -0.383 e. The Labute approximate surface area is 191 Å². The third kappa shape index (κ3) is 5.51. The van der Waals surface area contributed by atoms with Crippen molar-refractivity contribution in [3.05, 3.63) is 70.5 Å². The van der Waals surface area contributed by atoms with Crippen LogP contribution in [-0.2, 0) is 19.1 Å². The summed E-state index contributed by atoms with van der Waals surface area (Å²) in [7, 11) is 2.92. The first-order valence-corrected chi connectivity index (χ1v) is 10.5. The Bertz CT molecular complexity index is 1000. The molecule has 0 aromatic heterocycles. The van der Waals surface area contributed by atoms with E-state index in [1.165, 1.54) is 30.2 Å². The van der Waals surface area contributed by atoms with Crippen molar-refractivity contribution in [2.24, 2.45) is 5.10 Å². The molecule has 1 heterocycles. The summed E-state index contributed by atoms with van der Waals surface area (Å²) in [4.78, 5) is 27.0. The van der Waals surface area contributed by atoms with Crippen molar-refractivity contribution in [3.8, 4) is 0 Å². The molecular formula is C23H25ClFN3O4. The summed E-state index contributed by atoms with van der Waals surface area (Å²) in [5, 5.41) is 6.24. The van der Waals surface area contributed by atoms with Crippen LogP contribution in [0, 0.1) is 5.82 Å². The third-order valence-corrected chi connectivity index (χ3v) is 5.46. The first-order chi connectivity index (χ1) is 15.5. The van der Waals surface area contributed by atoms with E-state index in [0.717, 1.165) is 0 Å². The van der Waals surface area contributed by atoms with Crippen LogP contribution in [0.4, 0.5) is 4.39 Å². The first kappa shape index (κ1) is 23.8. The van der Waals surface area contributed by atoms with Crippen LogP contribution in [-0.4, -0.2) is 68.0 Å². The first-order valence-electron chi connectivity index (χ1n) is 10.1. The number of carbonyl (C=O) groups excluding carboxylic acids is 2. The highest BCUT2D eigenvalue weighted by molar-refractivity contribution is 6.34. The summed E-state index contributed by atoms with van der Waals surface area (Å²) in [5.41, 5.74) is 1.60. The smallest absolute Gasteiger partial charge is 0.262 e. The Morgan fingerprint density at radius 2 is 1.88 bits per heavy atom. The molecule has 9 heteroatoms. The van der Waals surface area contributed by atoms with Gasteiger partial charge in [-0.3, -0.25) is 9.59 Å². The normalized spacial score (nSPS) is 15.6. The topological polar surface area (TPSA) is 71.4 Å². The average Bonchev–Trinajstić information content (AvgIpc) is 3.22. The zero-order chi connectivity index (χ0) is 23.1. The highest BCUT2D eigenvalue weighted by Crippen LogP contribution is 2.35. The number of methoxy groups -OCH3 is 2. The zero-order valence-corrected chi connectivity index (χ0v) is 18.7. The van der Waals surface area contributed by atoms with Crippen molar-refractivity contribution in [2.45, 2.75) is 12.5 Å². The Hall–Kier alpha value is -2.81. The van der Waals surface area contributed by atoms with Gasteiger partial charge in [0.1, 0.15) is 19.0 Å². The SMILES string of the molecule is COCCN(CC(=O)N1N=C(c2ccccc2Cl)C[C@@H]1c1ccccc1F)C(=O)COC. The Morgan fingerprint density at radius 1 is 1.16 bits per heavy atom. The quantitative estimate of drug-likeness (QED) is 0.574. The molecule has 0 fully saturated rings. The maximum absolute atomic E-state index is 14.6. The van der Waals surface area contributed by atoms with Gasteiger partial charge in [-0.2, -0.15) is 5.10 Å². The van der Waals surface area contributed by atoms with Crippen LogP contribution in [0.3, 0.4) is 0 Å². The van der Waals surface area contributed by atoms with Crippen molar-refractivity contribution in [2.75, 3.05) is 40.5 Å². The van der Waals surface area contributed by atoms with Gasteiger partial charge in [0.05, 0.1) is 18.4 Å². The van der Waals surface area contributed by atoms with E-state index < -0.39 is 17.8 Å². The van der Waals surface area contributed by atoms with E-state index in [4.69, 9.17) is 21.1 Å². The molecule has 0 unspecified atom stereocenters. The number of rotatable bonds is 9. The van der Waals surface area contributed by atoms with Gasteiger partial charge in [0.25, 0.3) is 5.91 Å². The largest absolute Gasteiger partial charge is 0.383 e. The number of halogens is 2. The number of hydrazone groups is 1. The lowest BCUT2D eigenvalue weighted by Gasteiger charge is -2.27. The molecule has 1 aliphatic heterocycles. The molecular weight excluding hydrogens is 437 g/mol. The predicted octanol–water partition coefficient (Wildman–Crippen LogP) is 3.28. The number of amides is 2. The van der Waals surface area contributed by atoms with Crippen LogP contribution in [0.15, 0.2) is 53.6 Å². The second-order valence-corrected chi connectivity index (χ2v) is 7.65. The minimum absolute atomic E-state index is 0.165. The molecule has 0 spiro atoms. The second kappa shape index (κ2) is 11.2. The lowest BCUT2D eigenvalue weighted by molar-refractivity contribution is -0.144. The number of nitrogens with zero attached hydrogens (tertiary/aromatic N) is 3. The molecule has 0 bridgehead atoms. The van der Waals surface area contributed by atoms with E-state index in [9.17, 15) is 14.0 Å². The van der Waals surface area contributed by atoms with Crippen molar-refractivity contribution >= 4 is 29.1 Å². The maximum Gasteiger partial charge on any atom is 0.262 e. The molecule has 0 saturated carbocycles. The Kier molecular flexibility index (Phi) is 8.33. The summed E-state index contributed by atoms with van der Waals surface area (Å²) in [6.07, 6.45) is 0.292. The zero-order valence-electron chi connectivity index (χ0n) is 18.0. The second-order valence-electron chi connectivity index (χ2n) is 7.25. The summed E-state index contributed by atoms with van der Waals surface area (Å²) < 4.78 is 24.6. The van der Waals surface area contributed by atoms with Gasteiger partial charge in [-0.1, -0.05) is 48.0 Å². The summed E-state index contributed by atoms with van der Waals surface area (Å²) in [6, 6.07) is 12.8. The molecule has 0 N–H and O–H groups in total. The number of ether oxygens (including phenoxy) is 2.